The van der Waals surface area contributed by atoms with Gasteiger partial charge in [-0.2, -0.15) is 0 Å². The van der Waals surface area contributed by atoms with E-state index < -0.39 is 75.7 Å². The van der Waals surface area contributed by atoms with Crippen LogP contribution >= 0.6 is 7.82 Å². The summed E-state index contributed by atoms with van der Waals surface area (Å²) in [6.45, 7) is 3.06. The number of carbonyl (C=O) groups excluding carboxylic acids is 2. The van der Waals surface area contributed by atoms with E-state index in [0.717, 1.165) is 77.0 Å². The van der Waals surface area contributed by atoms with Gasteiger partial charge in [-0.25, -0.2) is 4.57 Å². The van der Waals surface area contributed by atoms with Crippen LogP contribution in [0.3, 0.4) is 0 Å². The lowest BCUT2D eigenvalue weighted by atomic mass is 9.85. The minimum absolute atomic E-state index is 0.0405. The third-order valence-corrected chi connectivity index (χ3v) is 11.1. The van der Waals surface area contributed by atoms with Crippen molar-refractivity contribution in [3.8, 4) is 0 Å². The Bertz CT molecular complexity index is 1550. The number of phosphoric acid groups is 1. The summed E-state index contributed by atoms with van der Waals surface area (Å²) in [5.41, 5.74) is 0. The van der Waals surface area contributed by atoms with Crippen LogP contribution in [0.25, 0.3) is 0 Å². The van der Waals surface area contributed by atoms with E-state index in [-0.39, 0.29) is 12.8 Å². The Balaban J connectivity index is 2.54. The summed E-state index contributed by atoms with van der Waals surface area (Å²) in [6, 6.07) is 0. The van der Waals surface area contributed by atoms with Crippen LogP contribution in [0.2, 0.25) is 0 Å². The van der Waals surface area contributed by atoms with Crippen LogP contribution in [0.1, 0.15) is 142 Å². The minimum Gasteiger partial charge on any atom is -0.462 e. The molecule has 0 saturated heterocycles. The third-order valence-electron chi connectivity index (χ3n) is 10.1. The standard InChI is InChI=1S/C51H81O13P/c1-3-5-7-9-11-13-15-17-19-21-22-24-26-28-30-32-34-36-38-40-45(53)63-43(42-62-65(59,60)64-51-49(57)47(55)46(54)48(56)50(51)58)41-61-44(52)39-37-35-33-31-29-27-25-23-20-18-16-14-12-10-8-6-4-2/h5,7,11-14,17-20,22,24-25,27-28,30,34,36,43,46-51,54-58H,3-4,6,8-10,15-16,21,23,26,29,31-33,35,37-42H2,1-2H3,(H,59,60)/b7-5+,13-11+,14-12+,19-17+,20-18+,24-22+,27-25+,30-28+,36-34+/t43-,46?,47-,48?,49?,50?,51?/m1/s1. The van der Waals surface area contributed by atoms with Crippen molar-refractivity contribution in [1.29, 1.82) is 0 Å². The average molecular weight is 933 g/mol. The molecule has 368 valence electrons. The molecule has 1 fully saturated rings. The third kappa shape index (κ3) is 32.0. The van der Waals surface area contributed by atoms with Crippen molar-refractivity contribution in [3.05, 3.63) is 109 Å². The first-order valence-electron chi connectivity index (χ1n) is 23.7. The maximum Gasteiger partial charge on any atom is 0.472 e. The lowest BCUT2D eigenvalue weighted by molar-refractivity contribution is -0.220. The van der Waals surface area contributed by atoms with Crippen LogP contribution in [0, 0.1) is 0 Å². The molecule has 1 rings (SSSR count). The molecule has 14 heteroatoms. The second kappa shape index (κ2) is 39.7. The second-order valence-electron chi connectivity index (χ2n) is 15.9. The van der Waals surface area contributed by atoms with Crippen LogP contribution in [-0.2, 0) is 32.7 Å². The Morgan fingerprint density at radius 3 is 1.38 bits per heavy atom. The molecule has 13 nitrogen and oxygen atoms in total. The van der Waals surface area contributed by atoms with Crippen LogP contribution in [0.4, 0.5) is 0 Å². The topological polar surface area (TPSA) is 210 Å². The highest BCUT2D eigenvalue weighted by Gasteiger charge is 2.51. The van der Waals surface area contributed by atoms with E-state index in [1.54, 1.807) is 0 Å². The summed E-state index contributed by atoms with van der Waals surface area (Å²) in [5, 5.41) is 50.2. The molecule has 1 aliphatic carbocycles. The quantitative estimate of drug-likeness (QED) is 0.0149. The van der Waals surface area contributed by atoms with Gasteiger partial charge in [-0.1, -0.05) is 149 Å². The van der Waals surface area contributed by atoms with Crippen LogP contribution in [0.5, 0.6) is 0 Å². The summed E-state index contributed by atoms with van der Waals surface area (Å²) >= 11 is 0. The summed E-state index contributed by atoms with van der Waals surface area (Å²) in [6.07, 6.45) is 41.5. The highest BCUT2D eigenvalue weighted by atomic mass is 31.2. The second-order valence-corrected chi connectivity index (χ2v) is 17.3. The highest BCUT2D eigenvalue weighted by Crippen LogP contribution is 2.47. The predicted molar refractivity (Wildman–Crippen MR) is 257 cm³/mol. The normalized spacial score (nSPS) is 22.4. The lowest BCUT2D eigenvalue weighted by Crippen LogP contribution is -2.64. The molecule has 0 aromatic carbocycles. The molecule has 1 saturated carbocycles. The summed E-state index contributed by atoms with van der Waals surface area (Å²) in [4.78, 5) is 35.7. The SMILES string of the molecule is CC/C=C/C/C=C/C/C=C/C/C=C/C/C=C/C/C=C/CCC(=O)O[C@H](COC(=O)CCCCCC/C=C/C/C=C/C/C=C/CCCCC)COP(=O)(O)OC1C(O)C(O)C(O)[C@@H](O)C1O. The Hall–Kier alpha value is -3.49. The first-order valence-corrected chi connectivity index (χ1v) is 25.2. The van der Waals surface area contributed by atoms with Gasteiger partial charge in [0.25, 0.3) is 0 Å². The van der Waals surface area contributed by atoms with Crippen molar-refractivity contribution in [1.82, 2.24) is 0 Å². The fourth-order valence-electron chi connectivity index (χ4n) is 6.32. The van der Waals surface area contributed by atoms with Crippen molar-refractivity contribution < 1.29 is 63.1 Å². The molecular formula is C51H81O13P. The van der Waals surface area contributed by atoms with Gasteiger partial charge < -0.3 is 39.9 Å². The van der Waals surface area contributed by atoms with Crippen molar-refractivity contribution in [2.45, 2.75) is 185 Å². The zero-order valence-electron chi connectivity index (χ0n) is 39.0. The molecule has 1 aliphatic rings. The molecule has 8 atom stereocenters. The van der Waals surface area contributed by atoms with Crippen molar-refractivity contribution in [2.75, 3.05) is 13.2 Å². The van der Waals surface area contributed by atoms with Crippen LogP contribution in [0.15, 0.2) is 109 Å². The van der Waals surface area contributed by atoms with Gasteiger partial charge in [0.05, 0.1) is 6.61 Å². The highest BCUT2D eigenvalue weighted by molar-refractivity contribution is 7.47. The van der Waals surface area contributed by atoms with Gasteiger partial charge in [0.1, 0.15) is 43.2 Å². The Morgan fingerprint density at radius 2 is 0.908 bits per heavy atom. The first-order chi connectivity index (χ1) is 31.4. The number of ether oxygens (including phenoxy) is 2. The molecule has 0 aromatic rings. The smallest absolute Gasteiger partial charge is 0.462 e. The van der Waals surface area contributed by atoms with Crippen LogP contribution in [-0.4, -0.2) is 98.3 Å². The lowest BCUT2D eigenvalue weighted by Gasteiger charge is -2.41. The number of aliphatic hydroxyl groups excluding tert-OH is 5. The molecule has 0 aliphatic heterocycles. The molecule has 0 amide bonds. The summed E-state index contributed by atoms with van der Waals surface area (Å²) < 4.78 is 33.4. The van der Waals surface area contributed by atoms with Gasteiger partial charge in [-0.15, -0.1) is 0 Å². The van der Waals surface area contributed by atoms with Crippen molar-refractivity contribution >= 4 is 19.8 Å². The van der Waals surface area contributed by atoms with Gasteiger partial charge in [-0.3, -0.25) is 18.6 Å². The zero-order chi connectivity index (χ0) is 47.8. The van der Waals surface area contributed by atoms with E-state index in [9.17, 15) is 44.6 Å². The van der Waals surface area contributed by atoms with E-state index in [2.05, 4.69) is 105 Å². The van der Waals surface area contributed by atoms with Gasteiger partial charge in [0.2, 0.25) is 0 Å². The average Bonchev–Trinajstić information content (AvgIpc) is 3.29. The largest absolute Gasteiger partial charge is 0.472 e. The summed E-state index contributed by atoms with van der Waals surface area (Å²) in [5.74, 6) is -1.23. The maximum atomic E-state index is 12.8. The van der Waals surface area contributed by atoms with Gasteiger partial charge in [0, 0.05) is 12.8 Å². The number of rotatable bonds is 37. The Morgan fingerprint density at radius 1 is 0.492 bits per heavy atom. The number of hydrogen-bond acceptors (Lipinski definition) is 12. The molecule has 0 aromatic heterocycles. The minimum atomic E-state index is -5.15. The monoisotopic (exact) mass is 933 g/mol. The predicted octanol–water partition coefficient (Wildman–Crippen LogP) is 9.61. The molecule has 0 heterocycles. The number of hydrogen-bond donors (Lipinski definition) is 6. The molecule has 0 radical (unpaired) electrons. The van der Waals surface area contributed by atoms with Crippen LogP contribution < -0.4 is 0 Å². The van der Waals surface area contributed by atoms with E-state index in [4.69, 9.17) is 18.5 Å². The maximum absolute atomic E-state index is 12.8. The first kappa shape index (κ1) is 59.5. The van der Waals surface area contributed by atoms with Gasteiger partial charge >= 0.3 is 19.8 Å². The molecule has 65 heavy (non-hydrogen) atoms. The van der Waals surface area contributed by atoms with Gasteiger partial charge in [0.15, 0.2) is 6.10 Å². The van der Waals surface area contributed by atoms with Crippen molar-refractivity contribution in [3.63, 3.8) is 0 Å². The number of carbonyl (C=O) groups is 2. The van der Waals surface area contributed by atoms with E-state index >= 15 is 0 Å². The number of unbranched alkanes of at least 4 members (excludes halogenated alkanes) is 7. The number of allylic oxidation sites excluding steroid dienone is 18. The van der Waals surface area contributed by atoms with E-state index in [1.165, 1.54) is 19.3 Å². The molecule has 6 N–H and O–H groups in total. The zero-order valence-corrected chi connectivity index (χ0v) is 39.9. The molecule has 0 bridgehead atoms. The number of aliphatic hydroxyl groups is 5. The number of esters is 2. The van der Waals surface area contributed by atoms with E-state index in [0.29, 0.717) is 19.3 Å². The van der Waals surface area contributed by atoms with Gasteiger partial charge in [-0.05, 0) is 89.9 Å². The van der Waals surface area contributed by atoms with Crippen molar-refractivity contribution in [2.24, 2.45) is 0 Å². The Labute approximate surface area is 389 Å². The number of phosphoric ester groups is 1. The van der Waals surface area contributed by atoms with E-state index in [1.807, 2.05) is 18.2 Å². The molecular weight excluding hydrogens is 852 g/mol. The molecule has 6 unspecified atom stereocenters. The Kier molecular flexibility index (Phi) is 36.3. The fourth-order valence-corrected chi connectivity index (χ4v) is 7.29. The molecule has 0 spiro atoms. The summed E-state index contributed by atoms with van der Waals surface area (Å²) in [7, 11) is -5.15. The fraction of sp³-hybridized carbons (Fsp3) is 0.608.